The molecule has 3 rings (SSSR count). The van der Waals surface area contributed by atoms with E-state index in [4.69, 9.17) is 9.78 Å². The fourth-order valence-electron chi connectivity index (χ4n) is 6.71. The van der Waals surface area contributed by atoms with Crippen LogP contribution in [0.25, 0.3) is 11.2 Å². The Balaban J connectivity index is 1.11. The Morgan fingerprint density at radius 2 is 1.51 bits per heavy atom. The number of hydrogen-bond donors (Lipinski definition) is 2. The molecule has 1 aliphatic rings. The molecule has 2 N–H and O–H groups in total. The van der Waals surface area contributed by atoms with Crippen LogP contribution < -0.4 is 5.56 Å². The standard InChI is InChI=1S/C37H62N4O4/c1-5-6-7-8-9-14-17-20-23-26-44-45-29(2)24-21-18-15-12-10-11-13-16-19-22-25-32-30(3)33(27-34(32)42)41-28-38-35-36(41)39-31(4)40-37(35)43/h28,32-34,42H,2-3,5-27H2,1,4H3,(H,39,40,43)/t32-,33-,34-/m0/s1. The van der Waals surface area contributed by atoms with E-state index in [1.807, 2.05) is 4.57 Å². The average Bonchev–Trinajstić information content (AvgIpc) is 3.56. The average molecular weight is 627 g/mol. The van der Waals surface area contributed by atoms with E-state index in [1.54, 1.807) is 13.3 Å². The summed E-state index contributed by atoms with van der Waals surface area (Å²) in [5.74, 6) is 1.41. The van der Waals surface area contributed by atoms with Gasteiger partial charge >= 0.3 is 0 Å². The molecule has 0 aromatic carbocycles. The minimum absolute atomic E-state index is 0.0722. The SMILES string of the molecule is C=C(CCCCCCCCCCCC[C@H]1C(=C)[C@@H](n2cnc3c(=O)[nH]c(C)nc32)C[C@@H]1O)OOCCCCCCCCCCC. The number of allylic oxidation sites excluding steroid dienone is 1. The molecule has 8 heteroatoms. The number of aliphatic hydroxyl groups is 1. The highest BCUT2D eigenvalue weighted by Gasteiger charge is 2.37. The number of imidazole rings is 1. The van der Waals surface area contributed by atoms with Crippen LogP contribution >= 0.6 is 0 Å². The van der Waals surface area contributed by atoms with Crippen molar-refractivity contribution >= 4 is 11.2 Å². The van der Waals surface area contributed by atoms with Gasteiger partial charge in [0.1, 0.15) is 11.6 Å². The van der Waals surface area contributed by atoms with Gasteiger partial charge in [-0.05, 0) is 38.2 Å². The van der Waals surface area contributed by atoms with Crippen LogP contribution in [0.3, 0.4) is 0 Å². The Labute approximate surface area is 272 Å². The summed E-state index contributed by atoms with van der Waals surface area (Å²) in [5.41, 5.74) is 1.71. The fourth-order valence-corrected chi connectivity index (χ4v) is 6.71. The van der Waals surface area contributed by atoms with Gasteiger partial charge in [-0.2, -0.15) is 4.89 Å². The summed E-state index contributed by atoms with van der Waals surface area (Å²) in [6.45, 7) is 13.1. The lowest BCUT2D eigenvalue weighted by molar-refractivity contribution is -0.264. The third-order valence-electron chi connectivity index (χ3n) is 9.45. The van der Waals surface area contributed by atoms with Crippen molar-refractivity contribution in [3.63, 3.8) is 0 Å². The predicted molar refractivity (Wildman–Crippen MR) is 184 cm³/mol. The van der Waals surface area contributed by atoms with Crippen molar-refractivity contribution in [2.75, 3.05) is 6.61 Å². The van der Waals surface area contributed by atoms with Gasteiger partial charge in [-0.3, -0.25) is 4.79 Å². The van der Waals surface area contributed by atoms with Crippen molar-refractivity contribution in [2.24, 2.45) is 5.92 Å². The summed E-state index contributed by atoms with van der Waals surface area (Å²) in [6.07, 6.45) is 27.8. The molecule has 0 radical (unpaired) electrons. The number of nitrogens with one attached hydrogen (secondary N) is 1. The molecule has 1 fully saturated rings. The van der Waals surface area contributed by atoms with Gasteiger partial charge in [-0.1, -0.05) is 129 Å². The lowest BCUT2D eigenvalue weighted by Crippen LogP contribution is -2.13. The molecule has 2 aromatic heterocycles. The van der Waals surface area contributed by atoms with E-state index in [9.17, 15) is 9.90 Å². The molecule has 254 valence electrons. The number of aromatic nitrogens is 4. The van der Waals surface area contributed by atoms with Crippen LogP contribution in [0, 0.1) is 12.8 Å². The first-order valence-electron chi connectivity index (χ1n) is 18.2. The Bertz CT molecular complexity index is 1190. The second-order valence-electron chi connectivity index (χ2n) is 13.3. The van der Waals surface area contributed by atoms with Crippen LogP contribution in [0.5, 0.6) is 0 Å². The number of unbranched alkanes of at least 4 members (excludes halogenated alkanes) is 17. The quantitative estimate of drug-likeness (QED) is 0.0354. The highest BCUT2D eigenvalue weighted by molar-refractivity contribution is 5.69. The number of nitrogens with zero attached hydrogens (tertiary/aromatic N) is 3. The Morgan fingerprint density at radius 3 is 2.16 bits per heavy atom. The molecular formula is C37H62N4O4. The number of fused-ring (bicyclic) bond motifs is 1. The molecule has 0 spiro atoms. The van der Waals surface area contributed by atoms with Gasteiger partial charge in [0, 0.05) is 12.3 Å². The van der Waals surface area contributed by atoms with Crippen LogP contribution in [0.1, 0.15) is 160 Å². The summed E-state index contributed by atoms with van der Waals surface area (Å²) >= 11 is 0. The summed E-state index contributed by atoms with van der Waals surface area (Å²) in [6, 6.07) is -0.0722. The molecule has 0 amide bonds. The van der Waals surface area contributed by atoms with E-state index < -0.39 is 6.10 Å². The third kappa shape index (κ3) is 13.1. The predicted octanol–water partition coefficient (Wildman–Crippen LogP) is 9.58. The van der Waals surface area contributed by atoms with E-state index in [0.29, 0.717) is 30.0 Å². The molecule has 0 aliphatic heterocycles. The third-order valence-corrected chi connectivity index (χ3v) is 9.45. The van der Waals surface area contributed by atoms with Crippen molar-refractivity contribution < 1.29 is 14.9 Å². The minimum Gasteiger partial charge on any atom is -0.392 e. The fraction of sp³-hybridized carbons (Fsp3) is 0.757. The van der Waals surface area contributed by atoms with Crippen molar-refractivity contribution in [3.8, 4) is 0 Å². The molecular weight excluding hydrogens is 564 g/mol. The molecule has 0 saturated heterocycles. The second kappa shape index (κ2) is 21.4. The molecule has 45 heavy (non-hydrogen) atoms. The summed E-state index contributed by atoms with van der Waals surface area (Å²) in [7, 11) is 0. The Morgan fingerprint density at radius 1 is 0.933 bits per heavy atom. The highest BCUT2D eigenvalue weighted by atomic mass is 17.2. The van der Waals surface area contributed by atoms with Gasteiger partial charge in [-0.15, -0.1) is 0 Å². The topological polar surface area (TPSA) is 102 Å². The first-order valence-corrected chi connectivity index (χ1v) is 18.2. The van der Waals surface area contributed by atoms with Crippen LogP contribution in [-0.2, 0) is 9.78 Å². The van der Waals surface area contributed by atoms with Gasteiger partial charge < -0.3 is 19.5 Å². The monoisotopic (exact) mass is 626 g/mol. The van der Waals surface area contributed by atoms with Crippen molar-refractivity contribution in [1.29, 1.82) is 0 Å². The van der Waals surface area contributed by atoms with Gasteiger partial charge in [0.25, 0.3) is 5.56 Å². The number of aromatic amines is 1. The maximum absolute atomic E-state index is 12.2. The number of rotatable bonds is 26. The van der Waals surface area contributed by atoms with Gasteiger partial charge in [0.05, 0.1) is 25.1 Å². The first-order chi connectivity index (χ1) is 21.9. The zero-order valence-electron chi connectivity index (χ0n) is 28.5. The van der Waals surface area contributed by atoms with Crippen LogP contribution in [0.2, 0.25) is 0 Å². The zero-order valence-corrected chi connectivity index (χ0v) is 28.5. The van der Waals surface area contributed by atoms with Crippen molar-refractivity contribution in [3.05, 3.63) is 47.0 Å². The summed E-state index contributed by atoms with van der Waals surface area (Å²) in [4.78, 5) is 34.4. The second-order valence-corrected chi connectivity index (χ2v) is 13.3. The lowest BCUT2D eigenvalue weighted by Gasteiger charge is -2.17. The molecule has 8 nitrogen and oxygen atoms in total. The van der Waals surface area contributed by atoms with E-state index in [0.717, 1.165) is 43.4 Å². The van der Waals surface area contributed by atoms with E-state index in [1.165, 1.54) is 103 Å². The first kappa shape index (κ1) is 37.0. The van der Waals surface area contributed by atoms with Crippen LogP contribution in [-0.4, -0.2) is 37.3 Å². The normalized spacial score (nSPS) is 18.3. The Hall–Kier alpha value is -2.45. The van der Waals surface area contributed by atoms with Gasteiger partial charge in [0.15, 0.2) is 11.2 Å². The van der Waals surface area contributed by atoms with Crippen LogP contribution in [0.4, 0.5) is 0 Å². The Kier molecular flexibility index (Phi) is 17.6. The number of aliphatic hydroxyl groups excluding tert-OH is 1. The van der Waals surface area contributed by atoms with Crippen molar-refractivity contribution in [2.45, 2.75) is 167 Å². The smallest absolute Gasteiger partial charge is 0.279 e. The largest absolute Gasteiger partial charge is 0.392 e. The molecule has 0 unspecified atom stereocenters. The molecule has 1 aliphatic carbocycles. The van der Waals surface area contributed by atoms with E-state index >= 15 is 0 Å². The van der Waals surface area contributed by atoms with Crippen LogP contribution in [0.15, 0.2) is 35.6 Å². The maximum Gasteiger partial charge on any atom is 0.279 e. The van der Waals surface area contributed by atoms with E-state index in [-0.39, 0.29) is 17.5 Å². The summed E-state index contributed by atoms with van der Waals surface area (Å²) < 4.78 is 1.92. The maximum atomic E-state index is 12.2. The molecule has 0 bridgehead atoms. The molecule has 2 heterocycles. The molecule has 2 aromatic rings. The number of aryl methyl sites for hydroxylation is 1. The summed E-state index contributed by atoms with van der Waals surface area (Å²) in [5, 5.41) is 10.8. The lowest BCUT2D eigenvalue weighted by atomic mass is 9.94. The highest BCUT2D eigenvalue weighted by Crippen LogP contribution is 2.42. The molecule has 3 atom stereocenters. The number of H-pyrrole nitrogens is 1. The number of hydrogen-bond acceptors (Lipinski definition) is 6. The van der Waals surface area contributed by atoms with Gasteiger partial charge in [-0.25, -0.2) is 9.97 Å². The minimum atomic E-state index is -0.413. The zero-order chi connectivity index (χ0) is 32.3. The van der Waals surface area contributed by atoms with E-state index in [2.05, 4.69) is 35.0 Å². The van der Waals surface area contributed by atoms with Gasteiger partial charge in [0.2, 0.25) is 0 Å². The molecule has 1 saturated carbocycles. The van der Waals surface area contributed by atoms with Crippen molar-refractivity contribution in [1.82, 2.24) is 19.5 Å².